The molecular formula is C13H19NO. The molecule has 0 fully saturated rings. The number of carbonyl (C=O) groups excluding carboxylic acids is 1. The number of hydrogen-bond donors (Lipinski definition) is 1. The van der Waals surface area contributed by atoms with Crippen LogP contribution in [0.2, 0.25) is 0 Å². The van der Waals surface area contributed by atoms with Gasteiger partial charge < -0.3 is 5.73 Å². The Bertz CT molecular complexity index is 332. The van der Waals surface area contributed by atoms with Gasteiger partial charge in [0.05, 0.1) is 0 Å². The minimum absolute atomic E-state index is 0.111. The monoisotopic (exact) mass is 205 g/mol. The molecule has 0 spiro atoms. The fourth-order valence-electron chi connectivity index (χ4n) is 1.01. The highest BCUT2D eigenvalue weighted by Crippen LogP contribution is 2.16. The second-order valence-corrected chi connectivity index (χ2v) is 3.57. The molecule has 0 unspecified atom stereocenters. The van der Waals surface area contributed by atoms with Gasteiger partial charge in [-0.15, -0.1) is 0 Å². The summed E-state index contributed by atoms with van der Waals surface area (Å²) in [5, 5.41) is 0. The summed E-state index contributed by atoms with van der Waals surface area (Å²) in [5.41, 5.74) is 7.21. The molecule has 2 nitrogen and oxygen atoms in total. The summed E-state index contributed by atoms with van der Waals surface area (Å²) >= 11 is 0. The molecule has 0 atom stereocenters. The first-order valence-electron chi connectivity index (χ1n) is 4.94. The van der Waals surface area contributed by atoms with Gasteiger partial charge in [0.2, 0.25) is 0 Å². The van der Waals surface area contributed by atoms with Crippen molar-refractivity contribution in [2.75, 3.05) is 0 Å². The van der Waals surface area contributed by atoms with Crippen LogP contribution in [0.25, 0.3) is 0 Å². The lowest BCUT2D eigenvalue weighted by atomic mass is 9.94. The minimum atomic E-state index is -0.111. The van der Waals surface area contributed by atoms with Crippen LogP contribution in [-0.2, 0) is 4.79 Å². The Morgan fingerprint density at radius 2 is 1.93 bits per heavy atom. The number of hydrogen-bond acceptors (Lipinski definition) is 2. The van der Waals surface area contributed by atoms with E-state index < -0.39 is 0 Å². The first kappa shape index (κ1) is 13.4. The molecule has 0 saturated carbocycles. The van der Waals surface area contributed by atoms with Crippen molar-refractivity contribution < 1.29 is 4.79 Å². The van der Waals surface area contributed by atoms with E-state index in [1.165, 1.54) is 0 Å². The van der Waals surface area contributed by atoms with Gasteiger partial charge in [-0.25, -0.2) is 0 Å². The summed E-state index contributed by atoms with van der Waals surface area (Å²) in [6, 6.07) is 0. The average molecular weight is 205 g/mol. The smallest absolute Gasteiger partial charge is 0.190 e. The zero-order valence-electron chi connectivity index (χ0n) is 9.71. The van der Waals surface area contributed by atoms with Gasteiger partial charge in [-0.3, -0.25) is 4.79 Å². The summed E-state index contributed by atoms with van der Waals surface area (Å²) in [7, 11) is 0. The third-order valence-corrected chi connectivity index (χ3v) is 2.14. The van der Waals surface area contributed by atoms with Gasteiger partial charge in [-0.2, -0.15) is 0 Å². The van der Waals surface area contributed by atoms with Gasteiger partial charge >= 0.3 is 0 Å². The first-order valence-corrected chi connectivity index (χ1v) is 4.94. The summed E-state index contributed by atoms with van der Waals surface area (Å²) < 4.78 is 0. The maximum Gasteiger partial charge on any atom is 0.190 e. The van der Waals surface area contributed by atoms with Crippen LogP contribution in [0.1, 0.15) is 20.8 Å². The maximum atomic E-state index is 11.9. The lowest BCUT2D eigenvalue weighted by Crippen LogP contribution is -2.15. The maximum absolute atomic E-state index is 11.9. The van der Waals surface area contributed by atoms with Gasteiger partial charge in [0.15, 0.2) is 5.78 Å². The molecule has 0 heterocycles. The van der Waals surface area contributed by atoms with E-state index in [0.29, 0.717) is 16.8 Å². The molecule has 0 amide bonds. The van der Waals surface area contributed by atoms with Gasteiger partial charge in [0.25, 0.3) is 0 Å². The summed E-state index contributed by atoms with van der Waals surface area (Å²) in [5.74, 6) is 0.0101. The number of ketones is 1. The van der Waals surface area contributed by atoms with Crippen LogP contribution in [0.15, 0.2) is 48.2 Å². The van der Waals surface area contributed by atoms with Crippen molar-refractivity contribution in [1.82, 2.24) is 0 Å². The van der Waals surface area contributed by atoms with Crippen LogP contribution >= 0.6 is 0 Å². The Morgan fingerprint density at radius 3 is 2.27 bits per heavy atom. The van der Waals surface area contributed by atoms with Crippen LogP contribution < -0.4 is 5.73 Å². The summed E-state index contributed by atoms with van der Waals surface area (Å²) in [6.45, 7) is 13.0. The molecule has 0 aliphatic rings. The molecule has 0 saturated heterocycles. The molecule has 0 aromatic heterocycles. The number of nitrogens with two attached hydrogens (primary N) is 1. The molecule has 2 heteroatoms. The quantitative estimate of drug-likeness (QED) is 0.554. The SMILES string of the molecule is C=C/C=C(C(=O)C(=C)C(C)C)\C(N)=C/C. The summed E-state index contributed by atoms with van der Waals surface area (Å²) in [6.07, 6.45) is 4.86. The molecule has 15 heavy (non-hydrogen) atoms. The Hall–Kier alpha value is -1.57. The third kappa shape index (κ3) is 3.58. The molecule has 0 aromatic rings. The molecule has 0 aromatic carbocycles. The van der Waals surface area contributed by atoms with E-state index in [2.05, 4.69) is 13.2 Å². The second kappa shape index (κ2) is 6.02. The largest absolute Gasteiger partial charge is 0.398 e. The summed E-state index contributed by atoms with van der Waals surface area (Å²) in [4.78, 5) is 11.9. The van der Waals surface area contributed by atoms with Crippen LogP contribution in [-0.4, -0.2) is 5.78 Å². The van der Waals surface area contributed by atoms with Crippen molar-refractivity contribution in [2.24, 2.45) is 11.7 Å². The Balaban J connectivity index is 5.14. The average Bonchev–Trinajstić information content (AvgIpc) is 2.22. The Morgan fingerprint density at radius 1 is 1.40 bits per heavy atom. The van der Waals surface area contributed by atoms with Crippen molar-refractivity contribution in [2.45, 2.75) is 20.8 Å². The van der Waals surface area contributed by atoms with E-state index in [-0.39, 0.29) is 11.7 Å². The first-order chi connectivity index (χ1) is 6.95. The number of carbonyl (C=O) groups is 1. The lowest BCUT2D eigenvalue weighted by molar-refractivity contribution is -0.112. The van der Waals surface area contributed by atoms with E-state index >= 15 is 0 Å². The Kier molecular flexibility index (Phi) is 5.39. The molecule has 0 bridgehead atoms. The fourth-order valence-corrected chi connectivity index (χ4v) is 1.01. The van der Waals surface area contributed by atoms with Crippen molar-refractivity contribution >= 4 is 5.78 Å². The van der Waals surface area contributed by atoms with E-state index in [4.69, 9.17) is 5.73 Å². The molecule has 2 N–H and O–H groups in total. The van der Waals surface area contributed by atoms with E-state index in [1.54, 1.807) is 25.2 Å². The van der Waals surface area contributed by atoms with Crippen LogP contribution in [0.3, 0.4) is 0 Å². The van der Waals surface area contributed by atoms with Gasteiger partial charge in [-0.05, 0) is 24.5 Å². The van der Waals surface area contributed by atoms with Gasteiger partial charge in [0, 0.05) is 11.3 Å². The zero-order valence-corrected chi connectivity index (χ0v) is 9.71. The fraction of sp³-hybridized carbons (Fsp3) is 0.308. The number of Topliss-reactive ketones (excluding diaryl/α,β-unsaturated/α-hetero) is 1. The minimum Gasteiger partial charge on any atom is -0.398 e. The van der Waals surface area contributed by atoms with E-state index in [1.807, 2.05) is 13.8 Å². The third-order valence-electron chi connectivity index (χ3n) is 2.14. The molecule has 0 aliphatic carbocycles. The second-order valence-electron chi connectivity index (χ2n) is 3.57. The van der Waals surface area contributed by atoms with Crippen molar-refractivity contribution in [3.63, 3.8) is 0 Å². The van der Waals surface area contributed by atoms with Crippen molar-refractivity contribution in [3.05, 3.63) is 48.2 Å². The molecule has 0 aliphatic heterocycles. The highest BCUT2D eigenvalue weighted by Gasteiger charge is 2.16. The van der Waals surface area contributed by atoms with Crippen LogP contribution in [0.4, 0.5) is 0 Å². The van der Waals surface area contributed by atoms with Crippen molar-refractivity contribution in [3.8, 4) is 0 Å². The molecular weight excluding hydrogens is 186 g/mol. The predicted molar refractivity (Wildman–Crippen MR) is 65.2 cm³/mol. The lowest BCUT2D eigenvalue weighted by Gasteiger charge is -2.11. The van der Waals surface area contributed by atoms with E-state index in [9.17, 15) is 4.79 Å². The normalized spacial score (nSPS) is 12.8. The standard InChI is InChI=1S/C13H19NO/c1-6-8-11(12(14)7-2)13(15)10(5)9(3)4/h6-9H,1,5,14H2,2-4H3/b11-8+,12-7+. The van der Waals surface area contributed by atoms with Crippen molar-refractivity contribution in [1.29, 1.82) is 0 Å². The van der Waals surface area contributed by atoms with Crippen LogP contribution in [0, 0.1) is 5.92 Å². The van der Waals surface area contributed by atoms with E-state index in [0.717, 1.165) is 0 Å². The highest BCUT2D eigenvalue weighted by molar-refractivity contribution is 6.10. The van der Waals surface area contributed by atoms with Gasteiger partial charge in [-0.1, -0.05) is 39.2 Å². The molecule has 82 valence electrons. The predicted octanol–water partition coefficient (Wildman–Crippen LogP) is 2.74. The Labute approximate surface area is 91.9 Å². The highest BCUT2D eigenvalue weighted by atomic mass is 16.1. The number of allylic oxidation sites excluding steroid dienone is 5. The zero-order chi connectivity index (χ0) is 12.0. The topological polar surface area (TPSA) is 43.1 Å². The molecule has 0 rings (SSSR count). The van der Waals surface area contributed by atoms with Crippen LogP contribution in [0.5, 0.6) is 0 Å². The number of rotatable bonds is 5. The van der Waals surface area contributed by atoms with Gasteiger partial charge in [0.1, 0.15) is 0 Å². The molecule has 0 radical (unpaired) electrons.